The number of carbonyl (C=O) groups is 1. The lowest BCUT2D eigenvalue weighted by atomic mass is 10.2. The predicted octanol–water partition coefficient (Wildman–Crippen LogP) is 0.617. The van der Waals surface area contributed by atoms with E-state index in [0.29, 0.717) is 6.42 Å². The first kappa shape index (κ1) is 14.9. The van der Waals surface area contributed by atoms with Gasteiger partial charge in [0.1, 0.15) is 5.82 Å². The molecule has 1 aromatic carbocycles. The van der Waals surface area contributed by atoms with Crippen molar-refractivity contribution in [1.29, 1.82) is 0 Å². The van der Waals surface area contributed by atoms with Gasteiger partial charge in [-0.25, -0.2) is 12.8 Å². The molecule has 0 saturated carbocycles. The number of sulfone groups is 1. The Hall–Kier alpha value is -1.54. The van der Waals surface area contributed by atoms with Crippen LogP contribution in [-0.2, 0) is 9.84 Å². The highest BCUT2D eigenvalue weighted by atomic mass is 32.2. The number of carbonyl (C=O) groups excluding carboxylic acids is 1. The molecular weight excluding hydrogens is 303 g/mol. The van der Waals surface area contributed by atoms with E-state index < -0.39 is 21.6 Å². The Morgan fingerprint density at radius 3 is 2.50 bits per heavy atom. The molecule has 2 N–H and O–H groups in total. The monoisotopic (exact) mass is 316 g/mol. The average molecular weight is 316 g/mol. The third kappa shape index (κ3) is 3.97. The van der Waals surface area contributed by atoms with Crippen LogP contribution in [0.5, 0.6) is 0 Å². The maximum Gasteiger partial charge on any atom is 0.257 e. The minimum Gasteiger partial charge on any atom is -0.359 e. The Kier molecular flexibility index (Phi) is 4.34. The van der Waals surface area contributed by atoms with Crippen molar-refractivity contribution in [2.24, 2.45) is 0 Å². The summed E-state index contributed by atoms with van der Waals surface area (Å²) < 4.78 is 35.3. The summed E-state index contributed by atoms with van der Waals surface area (Å²) in [6, 6.07) is 4.76. The van der Waals surface area contributed by atoms with Crippen LogP contribution in [0.2, 0.25) is 0 Å². The number of amides is 1. The van der Waals surface area contributed by atoms with Crippen molar-refractivity contribution in [3.05, 3.63) is 35.6 Å². The third-order valence-electron chi connectivity index (χ3n) is 2.90. The first-order chi connectivity index (χ1) is 9.35. The Labute approximate surface area is 121 Å². The molecular formula is C12H13FN2O3S2. The number of nitrogens with one attached hydrogen (secondary N) is 2. The largest absolute Gasteiger partial charge is 0.359 e. The minimum absolute atomic E-state index is 0.0135. The van der Waals surface area contributed by atoms with E-state index in [1.54, 1.807) is 0 Å². The maximum absolute atomic E-state index is 12.7. The van der Waals surface area contributed by atoms with Crippen LogP contribution in [-0.4, -0.2) is 37.0 Å². The van der Waals surface area contributed by atoms with Crippen LogP contribution in [0.3, 0.4) is 0 Å². The smallest absolute Gasteiger partial charge is 0.257 e. The molecule has 1 heterocycles. The molecule has 108 valence electrons. The summed E-state index contributed by atoms with van der Waals surface area (Å²) in [7, 11) is -3.00. The molecule has 1 fully saturated rings. The van der Waals surface area contributed by atoms with E-state index >= 15 is 0 Å². The average Bonchev–Trinajstić information content (AvgIpc) is 2.69. The molecule has 0 unspecified atom stereocenters. The number of halogens is 1. The lowest BCUT2D eigenvalue weighted by Gasteiger charge is -2.14. The summed E-state index contributed by atoms with van der Waals surface area (Å²) in [4.78, 5) is 11.8. The van der Waals surface area contributed by atoms with Gasteiger partial charge in [-0.2, -0.15) is 0 Å². The van der Waals surface area contributed by atoms with E-state index in [9.17, 15) is 17.6 Å². The minimum atomic E-state index is -3.00. The second-order valence-corrected chi connectivity index (χ2v) is 7.17. The summed E-state index contributed by atoms with van der Waals surface area (Å²) in [5, 5.41) is 5.30. The summed E-state index contributed by atoms with van der Waals surface area (Å²) in [6.07, 6.45) is 0.467. The van der Waals surface area contributed by atoms with Crippen molar-refractivity contribution in [2.45, 2.75) is 12.5 Å². The van der Waals surface area contributed by atoms with Gasteiger partial charge in [-0.05, 0) is 42.9 Å². The van der Waals surface area contributed by atoms with Crippen LogP contribution >= 0.6 is 12.2 Å². The van der Waals surface area contributed by atoms with E-state index in [0.717, 1.165) is 0 Å². The number of rotatable bonds is 2. The second kappa shape index (κ2) is 5.84. The second-order valence-electron chi connectivity index (χ2n) is 4.53. The molecule has 0 aromatic heterocycles. The zero-order valence-corrected chi connectivity index (χ0v) is 12.1. The van der Waals surface area contributed by atoms with Crippen LogP contribution in [0.25, 0.3) is 0 Å². The lowest BCUT2D eigenvalue weighted by Crippen LogP contribution is -2.44. The molecule has 0 aliphatic carbocycles. The molecule has 2 rings (SSSR count). The number of hydrogen-bond donors (Lipinski definition) is 2. The summed E-state index contributed by atoms with van der Waals surface area (Å²) >= 11 is 4.96. The molecule has 1 amide bonds. The van der Waals surface area contributed by atoms with Crippen molar-refractivity contribution < 1.29 is 17.6 Å². The fourth-order valence-corrected chi connectivity index (χ4v) is 3.84. The topological polar surface area (TPSA) is 75.3 Å². The van der Waals surface area contributed by atoms with Gasteiger partial charge in [0.05, 0.1) is 11.5 Å². The Bertz CT molecular complexity index is 629. The fourth-order valence-electron chi connectivity index (χ4n) is 1.91. The quantitative estimate of drug-likeness (QED) is 0.782. The zero-order valence-electron chi connectivity index (χ0n) is 10.4. The predicted molar refractivity (Wildman–Crippen MR) is 76.7 cm³/mol. The molecule has 0 bridgehead atoms. The van der Waals surface area contributed by atoms with Crippen LogP contribution < -0.4 is 10.6 Å². The van der Waals surface area contributed by atoms with Crippen LogP contribution in [0.4, 0.5) is 4.39 Å². The number of benzene rings is 1. The van der Waals surface area contributed by atoms with Crippen molar-refractivity contribution in [1.82, 2.24) is 10.6 Å². The van der Waals surface area contributed by atoms with Crippen LogP contribution in [0.1, 0.15) is 16.8 Å². The zero-order chi connectivity index (χ0) is 14.8. The van der Waals surface area contributed by atoms with Gasteiger partial charge in [-0.3, -0.25) is 10.1 Å². The molecule has 1 aliphatic heterocycles. The molecule has 0 spiro atoms. The first-order valence-corrected chi connectivity index (χ1v) is 8.16. The van der Waals surface area contributed by atoms with Crippen molar-refractivity contribution >= 4 is 33.1 Å². The third-order valence-corrected chi connectivity index (χ3v) is 4.89. The van der Waals surface area contributed by atoms with Gasteiger partial charge in [-0.1, -0.05) is 0 Å². The molecule has 1 aromatic rings. The summed E-state index contributed by atoms with van der Waals surface area (Å²) in [6.45, 7) is 0. The normalized spacial score (nSPS) is 20.4. The highest BCUT2D eigenvalue weighted by Crippen LogP contribution is 2.11. The van der Waals surface area contributed by atoms with Gasteiger partial charge >= 0.3 is 0 Å². The Morgan fingerprint density at radius 2 is 1.95 bits per heavy atom. The van der Waals surface area contributed by atoms with Crippen molar-refractivity contribution in [3.63, 3.8) is 0 Å². The number of hydrogen-bond acceptors (Lipinski definition) is 4. The first-order valence-electron chi connectivity index (χ1n) is 5.93. The molecule has 1 atom stereocenters. The van der Waals surface area contributed by atoms with Gasteiger partial charge in [0.15, 0.2) is 14.9 Å². The standard InChI is InChI=1S/C12H13FN2O3S2/c13-9-3-1-8(2-4-9)11(16)15-12(19)14-10-5-6-20(17,18)7-10/h1-4,10H,5-7H2,(H2,14,15,16,19)/t10-/m0/s1. The summed E-state index contributed by atoms with van der Waals surface area (Å²) in [5.41, 5.74) is 0.273. The SMILES string of the molecule is O=C(NC(=S)N[C@H]1CCS(=O)(=O)C1)c1ccc(F)cc1. The Morgan fingerprint density at radius 1 is 1.30 bits per heavy atom. The van der Waals surface area contributed by atoms with Crippen LogP contribution in [0, 0.1) is 5.82 Å². The molecule has 5 nitrogen and oxygen atoms in total. The van der Waals surface area contributed by atoms with Crippen molar-refractivity contribution in [3.8, 4) is 0 Å². The fraction of sp³-hybridized carbons (Fsp3) is 0.333. The van der Waals surface area contributed by atoms with Gasteiger partial charge < -0.3 is 5.32 Å². The maximum atomic E-state index is 12.7. The van der Waals surface area contributed by atoms with E-state index in [-0.39, 0.29) is 28.2 Å². The van der Waals surface area contributed by atoms with E-state index in [2.05, 4.69) is 10.6 Å². The van der Waals surface area contributed by atoms with E-state index in [1.807, 2.05) is 0 Å². The molecule has 0 radical (unpaired) electrons. The van der Waals surface area contributed by atoms with Gasteiger partial charge in [-0.15, -0.1) is 0 Å². The summed E-state index contributed by atoms with van der Waals surface area (Å²) in [5.74, 6) is -0.763. The van der Waals surface area contributed by atoms with Crippen LogP contribution in [0.15, 0.2) is 24.3 Å². The molecule has 8 heteroatoms. The highest BCUT2D eigenvalue weighted by molar-refractivity contribution is 7.91. The molecule has 20 heavy (non-hydrogen) atoms. The molecule has 1 aliphatic rings. The van der Waals surface area contributed by atoms with Gasteiger partial charge in [0.25, 0.3) is 5.91 Å². The van der Waals surface area contributed by atoms with Gasteiger partial charge in [0, 0.05) is 11.6 Å². The van der Waals surface area contributed by atoms with Gasteiger partial charge in [0.2, 0.25) is 0 Å². The lowest BCUT2D eigenvalue weighted by molar-refractivity contribution is 0.0976. The van der Waals surface area contributed by atoms with Crippen molar-refractivity contribution in [2.75, 3.05) is 11.5 Å². The Balaban J connectivity index is 1.88. The number of thiocarbonyl (C=S) groups is 1. The van der Waals surface area contributed by atoms with E-state index in [4.69, 9.17) is 12.2 Å². The van der Waals surface area contributed by atoms with E-state index in [1.165, 1.54) is 24.3 Å². The molecule has 1 saturated heterocycles. The highest BCUT2D eigenvalue weighted by Gasteiger charge is 2.28.